The van der Waals surface area contributed by atoms with Gasteiger partial charge in [0.25, 0.3) is 0 Å². The molecule has 0 bridgehead atoms. The second-order valence-corrected chi connectivity index (χ2v) is 2.95. The van der Waals surface area contributed by atoms with Crippen LogP contribution in [0, 0.1) is 5.92 Å². The first-order valence-corrected chi connectivity index (χ1v) is 4.17. The maximum absolute atomic E-state index is 10.9. The highest BCUT2D eigenvalue weighted by molar-refractivity contribution is 6.13. The van der Waals surface area contributed by atoms with Gasteiger partial charge in [0.05, 0.1) is 0 Å². The lowest BCUT2D eigenvalue weighted by Gasteiger charge is -2.06. The van der Waals surface area contributed by atoms with Crippen molar-refractivity contribution in [1.82, 2.24) is 10.2 Å². The SMILES string of the molecule is CC(C)C(=O)NCCCNCl. The third kappa shape index (κ3) is 6.13. The van der Waals surface area contributed by atoms with Gasteiger partial charge in [0.2, 0.25) is 5.91 Å². The second kappa shape index (κ2) is 6.43. The summed E-state index contributed by atoms with van der Waals surface area (Å²) in [5.74, 6) is 0.165. The largest absolute Gasteiger partial charge is 0.356 e. The summed E-state index contributed by atoms with van der Waals surface area (Å²) in [6, 6.07) is 0. The Morgan fingerprint density at radius 3 is 2.55 bits per heavy atom. The molecule has 0 spiro atoms. The van der Waals surface area contributed by atoms with E-state index in [0.717, 1.165) is 13.0 Å². The molecule has 0 atom stereocenters. The van der Waals surface area contributed by atoms with Crippen LogP contribution in [0.5, 0.6) is 0 Å². The van der Waals surface area contributed by atoms with Crippen LogP contribution >= 0.6 is 11.8 Å². The molecule has 0 aliphatic heterocycles. The number of rotatable bonds is 5. The molecule has 0 rings (SSSR count). The minimum Gasteiger partial charge on any atom is -0.356 e. The van der Waals surface area contributed by atoms with Crippen LogP contribution in [0.25, 0.3) is 0 Å². The molecule has 1 amide bonds. The van der Waals surface area contributed by atoms with Crippen molar-refractivity contribution in [2.45, 2.75) is 20.3 Å². The predicted octanol–water partition coefficient (Wildman–Crippen LogP) is 0.892. The van der Waals surface area contributed by atoms with Gasteiger partial charge in [0.15, 0.2) is 0 Å². The minimum absolute atomic E-state index is 0.0685. The van der Waals surface area contributed by atoms with Crippen molar-refractivity contribution in [3.05, 3.63) is 0 Å². The van der Waals surface area contributed by atoms with E-state index in [1.807, 2.05) is 13.8 Å². The fourth-order valence-corrected chi connectivity index (χ4v) is 0.705. The van der Waals surface area contributed by atoms with Crippen molar-refractivity contribution in [1.29, 1.82) is 0 Å². The Morgan fingerprint density at radius 2 is 2.09 bits per heavy atom. The summed E-state index contributed by atoms with van der Waals surface area (Å²) in [5, 5.41) is 2.78. The summed E-state index contributed by atoms with van der Waals surface area (Å²) in [4.78, 5) is 13.4. The van der Waals surface area contributed by atoms with Gasteiger partial charge in [0.1, 0.15) is 0 Å². The van der Waals surface area contributed by atoms with Crippen LogP contribution in [0.4, 0.5) is 0 Å². The van der Waals surface area contributed by atoms with Crippen molar-refractivity contribution in [3.8, 4) is 0 Å². The lowest BCUT2D eigenvalue weighted by molar-refractivity contribution is -0.123. The number of carbonyl (C=O) groups excluding carboxylic acids is 1. The molecular weight excluding hydrogens is 164 g/mol. The Balaban J connectivity index is 3.18. The van der Waals surface area contributed by atoms with Gasteiger partial charge in [-0.3, -0.25) is 4.79 Å². The third-order valence-electron chi connectivity index (χ3n) is 1.27. The molecule has 0 fully saturated rings. The summed E-state index contributed by atoms with van der Waals surface area (Å²) in [6.45, 7) is 5.15. The molecule has 0 saturated carbocycles. The molecule has 0 aromatic carbocycles. The molecule has 0 heterocycles. The standard InChI is InChI=1S/C7H15ClN2O/c1-6(2)7(11)9-4-3-5-10-8/h6,10H,3-5H2,1-2H3,(H,9,11). The average molecular weight is 179 g/mol. The van der Waals surface area contributed by atoms with E-state index in [0.29, 0.717) is 6.54 Å². The van der Waals surface area contributed by atoms with Gasteiger partial charge in [0, 0.05) is 19.0 Å². The molecule has 0 unspecified atom stereocenters. The van der Waals surface area contributed by atoms with Crippen LogP contribution in [0.1, 0.15) is 20.3 Å². The first kappa shape index (κ1) is 10.7. The zero-order chi connectivity index (χ0) is 8.69. The Kier molecular flexibility index (Phi) is 6.27. The highest BCUT2D eigenvalue weighted by atomic mass is 35.5. The Morgan fingerprint density at radius 1 is 1.45 bits per heavy atom. The lowest BCUT2D eigenvalue weighted by atomic mass is 10.2. The number of nitrogens with one attached hydrogen (secondary N) is 2. The average Bonchev–Trinajstić information content (AvgIpc) is 1.97. The molecule has 2 N–H and O–H groups in total. The number of carbonyl (C=O) groups is 1. The highest BCUT2D eigenvalue weighted by Crippen LogP contribution is 1.89. The summed E-state index contributed by atoms with van der Waals surface area (Å²) in [7, 11) is 0. The maximum Gasteiger partial charge on any atom is 0.222 e. The number of hydrogen-bond acceptors (Lipinski definition) is 2. The van der Waals surface area contributed by atoms with Crippen LogP contribution < -0.4 is 10.2 Å². The van der Waals surface area contributed by atoms with E-state index in [1.54, 1.807) is 0 Å². The molecule has 3 nitrogen and oxygen atoms in total. The molecule has 4 heteroatoms. The zero-order valence-corrected chi connectivity index (χ0v) is 7.74. The molecule has 66 valence electrons. The van der Waals surface area contributed by atoms with Crippen LogP contribution in [0.15, 0.2) is 0 Å². The molecular formula is C7H15ClN2O. The van der Waals surface area contributed by atoms with Gasteiger partial charge < -0.3 is 5.32 Å². The minimum atomic E-state index is 0.0685. The molecule has 0 aromatic rings. The van der Waals surface area contributed by atoms with E-state index in [4.69, 9.17) is 11.8 Å². The fourth-order valence-electron chi connectivity index (χ4n) is 0.571. The van der Waals surface area contributed by atoms with Gasteiger partial charge in [-0.05, 0) is 18.2 Å². The Labute approximate surface area is 72.6 Å². The first-order valence-electron chi connectivity index (χ1n) is 3.79. The summed E-state index contributed by atoms with van der Waals surface area (Å²) in [6.07, 6.45) is 0.863. The molecule has 0 aliphatic rings. The highest BCUT2D eigenvalue weighted by Gasteiger charge is 2.03. The Bertz CT molecular complexity index is 117. The lowest BCUT2D eigenvalue weighted by Crippen LogP contribution is -2.29. The van der Waals surface area contributed by atoms with Crippen LogP contribution in [0.3, 0.4) is 0 Å². The van der Waals surface area contributed by atoms with Crippen LogP contribution in [0.2, 0.25) is 0 Å². The quantitative estimate of drug-likeness (QED) is 0.485. The van der Waals surface area contributed by atoms with E-state index < -0.39 is 0 Å². The Hall–Kier alpha value is -0.280. The smallest absolute Gasteiger partial charge is 0.222 e. The van der Waals surface area contributed by atoms with Crippen molar-refractivity contribution in [2.75, 3.05) is 13.1 Å². The van der Waals surface area contributed by atoms with Crippen molar-refractivity contribution in [3.63, 3.8) is 0 Å². The molecule has 11 heavy (non-hydrogen) atoms. The maximum atomic E-state index is 10.9. The van der Waals surface area contributed by atoms with E-state index in [9.17, 15) is 4.79 Å². The van der Waals surface area contributed by atoms with E-state index >= 15 is 0 Å². The van der Waals surface area contributed by atoms with Gasteiger partial charge in [-0.25, -0.2) is 4.84 Å². The topological polar surface area (TPSA) is 41.1 Å². The van der Waals surface area contributed by atoms with E-state index in [-0.39, 0.29) is 11.8 Å². The van der Waals surface area contributed by atoms with Crippen LogP contribution in [-0.4, -0.2) is 19.0 Å². The van der Waals surface area contributed by atoms with Gasteiger partial charge in [-0.15, -0.1) is 0 Å². The van der Waals surface area contributed by atoms with Gasteiger partial charge in [-0.2, -0.15) is 0 Å². The number of halogens is 1. The summed E-state index contributed by atoms with van der Waals surface area (Å²) in [5.41, 5.74) is 0. The third-order valence-corrected chi connectivity index (χ3v) is 1.46. The number of amides is 1. The summed E-state index contributed by atoms with van der Waals surface area (Å²) >= 11 is 5.22. The van der Waals surface area contributed by atoms with Crippen molar-refractivity contribution < 1.29 is 4.79 Å². The van der Waals surface area contributed by atoms with E-state index in [1.165, 1.54) is 0 Å². The van der Waals surface area contributed by atoms with E-state index in [2.05, 4.69) is 10.2 Å². The zero-order valence-electron chi connectivity index (χ0n) is 6.98. The fraction of sp³-hybridized carbons (Fsp3) is 0.857. The van der Waals surface area contributed by atoms with Crippen molar-refractivity contribution in [2.24, 2.45) is 5.92 Å². The predicted molar refractivity (Wildman–Crippen MR) is 46.3 cm³/mol. The molecule has 0 aromatic heterocycles. The van der Waals surface area contributed by atoms with Gasteiger partial charge in [-0.1, -0.05) is 13.8 Å². The first-order chi connectivity index (χ1) is 5.18. The molecule has 0 radical (unpaired) electrons. The normalized spacial score (nSPS) is 10.2. The molecule has 0 aliphatic carbocycles. The van der Waals surface area contributed by atoms with Gasteiger partial charge >= 0.3 is 0 Å². The van der Waals surface area contributed by atoms with Crippen molar-refractivity contribution >= 4 is 17.7 Å². The van der Waals surface area contributed by atoms with Crippen LogP contribution in [-0.2, 0) is 4.79 Å². The number of hydrogen-bond donors (Lipinski definition) is 2. The second-order valence-electron chi connectivity index (χ2n) is 2.68. The monoisotopic (exact) mass is 178 g/mol. The summed E-state index contributed by atoms with van der Waals surface area (Å²) < 4.78 is 0. The molecule has 0 saturated heterocycles.